The number of carbonyl (C=O) groups is 1. The van der Waals surface area contributed by atoms with Crippen molar-refractivity contribution in [2.24, 2.45) is 0 Å². The maximum Gasteiger partial charge on any atom is 0.272 e. The van der Waals surface area contributed by atoms with Gasteiger partial charge in [0.15, 0.2) is 0 Å². The molecule has 4 aromatic rings. The van der Waals surface area contributed by atoms with Crippen LogP contribution in [0.2, 0.25) is 0 Å². The summed E-state index contributed by atoms with van der Waals surface area (Å²) in [7, 11) is 0. The highest BCUT2D eigenvalue weighted by atomic mass is 32.1. The quantitative estimate of drug-likeness (QED) is 0.562. The molecular formula is C21H18N6OS. The predicted octanol–water partition coefficient (Wildman–Crippen LogP) is 3.88. The Hall–Kier alpha value is -3.39. The molecule has 1 amide bonds. The summed E-state index contributed by atoms with van der Waals surface area (Å²) in [5, 5.41) is 20.0. The van der Waals surface area contributed by atoms with Gasteiger partial charge in [0.2, 0.25) is 5.91 Å². The minimum Gasteiger partial charge on any atom is -0.310 e. The van der Waals surface area contributed by atoms with Crippen LogP contribution < -0.4 is 5.32 Å². The number of nitrogens with one attached hydrogen (secondary N) is 1. The van der Waals surface area contributed by atoms with E-state index in [1.54, 1.807) is 22.2 Å². The van der Waals surface area contributed by atoms with Crippen LogP contribution in [0.4, 0.5) is 5.82 Å². The number of nitrogens with zero attached hydrogens (tertiary/aromatic N) is 5. The molecule has 8 heteroatoms. The van der Waals surface area contributed by atoms with Crippen molar-refractivity contribution in [3.05, 3.63) is 69.7 Å². The minimum atomic E-state index is -0.0440. The predicted molar refractivity (Wildman–Crippen MR) is 111 cm³/mol. The van der Waals surface area contributed by atoms with Crippen LogP contribution in [-0.4, -0.2) is 30.9 Å². The van der Waals surface area contributed by atoms with E-state index in [-0.39, 0.29) is 11.8 Å². The van der Waals surface area contributed by atoms with Crippen LogP contribution in [0.25, 0.3) is 17.2 Å². The van der Waals surface area contributed by atoms with Crippen molar-refractivity contribution >= 4 is 23.1 Å². The van der Waals surface area contributed by atoms with Crippen LogP contribution in [0.15, 0.2) is 47.3 Å². The van der Waals surface area contributed by atoms with Crippen LogP contribution in [0.3, 0.4) is 0 Å². The highest BCUT2D eigenvalue weighted by Gasteiger charge is 2.33. The van der Waals surface area contributed by atoms with E-state index in [9.17, 15) is 4.79 Å². The third-order valence-corrected chi connectivity index (χ3v) is 5.83. The lowest BCUT2D eigenvalue weighted by molar-refractivity contribution is -0.116. The zero-order valence-electron chi connectivity index (χ0n) is 16.0. The van der Waals surface area contributed by atoms with E-state index < -0.39 is 0 Å². The van der Waals surface area contributed by atoms with Gasteiger partial charge in [-0.3, -0.25) is 4.79 Å². The molecule has 1 aromatic carbocycles. The van der Waals surface area contributed by atoms with E-state index in [1.165, 1.54) is 5.56 Å². The molecule has 29 heavy (non-hydrogen) atoms. The molecule has 0 bridgehead atoms. The molecule has 1 unspecified atom stereocenters. The fraction of sp³-hybridized carbons (Fsp3) is 0.190. The number of hydrogen-bond acceptors (Lipinski definition) is 6. The molecule has 0 aliphatic carbocycles. The largest absolute Gasteiger partial charge is 0.310 e. The highest BCUT2D eigenvalue weighted by molar-refractivity contribution is 7.08. The first-order chi connectivity index (χ1) is 14.1. The zero-order valence-corrected chi connectivity index (χ0v) is 16.8. The summed E-state index contributed by atoms with van der Waals surface area (Å²) >= 11 is 1.63. The number of amides is 1. The number of aryl methyl sites for hydroxylation is 2. The van der Waals surface area contributed by atoms with Gasteiger partial charge in [-0.15, -0.1) is 5.10 Å². The molecule has 0 saturated carbocycles. The van der Waals surface area contributed by atoms with Crippen molar-refractivity contribution in [2.75, 3.05) is 5.32 Å². The third kappa shape index (κ3) is 3.11. The second-order valence-corrected chi connectivity index (χ2v) is 7.91. The molecule has 1 atom stereocenters. The molecule has 0 saturated heterocycles. The van der Waals surface area contributed by atoms with Crippen molar-refractivity contribution in [2.45, 2.75) is 26.2 Å². The molecular weight excluding hydrogens is 384 g/mol. The Balaban J connectivity index is 1.62. The molecule has 1 N–H and O–H groups in total. The Kier molecular flexibility index (Phi) is 4.21. The summed E-state index contributed by atoms with van der Waals surface area (Å²) in [4.78, 5) is 17.1. The summed E-state index contributed by atoms with van der Waals surface area (Å²) in [5.74, 6) is 0.890. The van der Waals surface area contributed by atoms with Gasteiger partial charge < -0.3 is 5.32 Å². The summed E-state index contributed by atoms with van der Waals surface area (Å²) < 4.78 is 1.59. The molecule has 0 radical (unpaired) electrons. The van der Waals surface area contributed by atoms with E-state index in [4.69, 9.17) is 0 Å². The monoisotopic (exact) mass is 402 g/mol. The Morgan fingerprint density at radius 2 is 2.00 bits per heavy atom. The van der Waals surface area contributed by atoms with E-state index in [2.05, 4.69) is 37.0 Å². The van der Waals surface area contributed by atoms with Crippen LogP contribution >= 0.6 is 11.3 Å². The van der Waals surface area contributed by atoms with E-state index >= 15 is 0 Å². The summed E-state index contributed by atoms with van der Waals surface area (Å²) in [6.07, 6.45) is 2.03. The van der Waals surface area contributed by atoms with Crippen molar-refractivity contribution in [1.82, 2.24) is 25.0 Å². The molecule has 0 fully saturated rings. The number of carbonyl (C=O) groups excluding carboxylic acids is 1. The summed E-state index contributed by atoms with van der Waals surface area (Å²) in [6.45, 7) is 3.99. The van der Waals surface area contributed by atoms with Gasteiger partial charge in [-0.25, -0.2) is 4.98 Å². The number of aromatic nitrogens is 5. The lowest BCUT2D eigenvalue weighted by Gasteiger charge is -2.23. The highest BCUT2D eigenvalue weighted by Crippen LogP contribution is 2.40. The van der Waals surface area contributed by atoms with E-state index in [0.29, 0.717) is 23.9 Å². The lowest BCUT2D eigenvalue weighted by Crippen LogP contribution is -2.25. The van der Waals surface area contributed by atoms with Crippen molar-refractivity contribution in [1.29, 1.82) is 0 Å². The average molecular weight is 402 g/mol. The SMILES string of the molecule is Cc1ccc(-c2cnnc(-n3nc(C)c4c3NC(=O)CC4c3ccsc3)n2)cc1. The molecule has 4 heterocycles. The van der Waals surface area contributed by atoms with E-state index in [1.807, 2.05) is 43.5 Å². The van der Waals surface area contributed by atoms with Gasteiger partial charge in [0, 0.05) is 23.5 Å². The zero-order chi connectivity index (χ0) is 20.0. The molecule has 7 nitrogen and oxygen atoms in total. The van der Waals surface area contributed by atoms with Gasteiger partial charge in [-0.05, 0) is 36.2 Å². The fourth-order valence-electron chi connectivity index (χ4n) is 3.70. The Labute approximate surface area is 171 Å². The Bertz CT molecular complexity index is 1200. The van der Waals surface area contributed by atoms with Crippen molar-refractivity contribution in [3.8, 4) is 17.2 Å². The van der Waals surface area contributed by atoms with Gasteiger partial charge in [-0.1, -0.05) is 29.8 Å². The fourth-order valence-corrected chi connectivity index (χ4v) is 4.41. The van der Waals surface area contributed by atoms with Gasteiger partial charge in [0.25, 0.3) is 5.95 Å². The Morgan fingerprint density at radius 1 is 1.17 bits per heavy atom. The Morgan fingerprint density at radius 3 is 2.76 bits per heavy atom. The maximum atomic E-state index is 12.4. The normalized spacial score (nSPS) is 15.8. The lowest BCUT2D eigenvalue weighted by atomic mass is 9.87. The molecule has 0 spiro atoms. The second-order valence-electron chi connectivity index (χ2n) is 7.13. The standard InChI is InChI=1S/C21H18N6OS/c1-12-3-5-14(6-4-12)17-10-22-25-21(23-17)27-20-19(13(2)26-27)16(9-18(28)24-20)15-7-8-29-11-15/h3-8,10-11,16H,9H2,1-2H3,(H,24,28). The molecule has 5 rings (SSSR count). The van der Waals surface area contributed by atoms with Crippen LogP contribution in [0, 0.1) is 13.8 Å². The smallest absolute Gasteiger partial charge is 0.272 e. The number of rotatable bonds is 3. The maximum absolute atomic E-state index is 12.4. The first-order valence-corrected chi connectivity index (χ1v) is 10.2. The third-order valence-electron chi connectivity index (χ3n) is 5.13. The number of benzene rings is 1. The van der Waals surface area contributed by atoms with Crippen LogP contribution in [-0.2, 0) is 4.79 Å². The average Bonchev–Trinajstić information content (AvgIpc) is 3.37. The molecule has 1 aliphatic heterocycles. The van der Waals surface area contributed by atoms with Crippen molar-refractivity contribution in [3.63, 3.8) is 0 Å². The van der Waals surface area contributed by atoms with Crippen molar-refractivity contribution < 1.29 is 4.79 Å². The summed E-state index contributed by atoms with van der Waals surface area (Å²) in [6, 6.07) is 10.1. The summed E-state index contributed by atoms with van der Waals surface area (Å²) in [5.41, 5.74) is 5.81. The molecule has 144 valence electrons. The molecule has 1 aliphatic rings. The van der Waals surface area contributed by atoms with Gasteiger partial charge in [0.05, 0.1) is 17.6 Å². The van der Waals surface area contributed by atoms with Gasteiger partial charge >= 0.3 is 0 Å². The number of fused-ring (bicyclic) bond motifs is 1. The first-order valence-electron chi connectivity index (χ1n) is 9.29. The number of hydrogen-bond donors (Lipinski definition) is 1. The van der Waals surface area contributed by atoms with Gasteiger partial charge in [0.1, 0.15) is 5.82 Å². The molecule has 3 aromatic heterocycles. The first kappa shape index (κ1) is 17.7. The topological polar surface area (TPSA) is 85.6 Å². The number of thiophene rings is 1. The van der Waals surface area contributed by atoms with Gasteiger partial charge in [-0.2, -0.15) is 26.2 Å². The second kappa shape index (κ2) is 6.89. The van der Waals surface area contributed by atoms with Crippen LogP contribution in [0.1, 0.15) is 34.7 Å². The van der Waals surface area contributed by atoms with Crippen LogP contribution in [0.5, 0.6) is 0 Å². The number of anilines is 1. The minimum absolute atomic E-state index is 0.0213. The van der Waals surface area contributed by atoms with E-state index in [0.717, 1.165) is 22.4 Å².